The number of halogens is 1. The smallest absolute Gasteiger partial charge is 0.386 e. The van der Waals surface area contributed by atoms with Crippen molar-refractivity contribution < 1.29 is 45.8 Å². The van der Waals surface area contributed by atoms with Crippen LogP contribution in [-0.4, -0.2) is 102 Å². The number of rotatable bonds is 4. The lowest BCUT2D eigenvalue weighted by Gasteiger charge is -2.40. The summed E-state index contributed by atoms with van der Waals surface area (Å²) in [6.07, 6.45) is -7.28. The third kappa shape index (κ3) is 6.98. The number of anilines is 2. The van der Waals surface area contributed by atoms with Crippen molar-refractivity contribution in [2.45, 2.75) is 88.1 Å². The number of hydrogen-bond acceptors (Lipinski definition) is 17. The molecule has 7 rings (SSSR count). The molecule has 10 atom stereocenters. The Kier molecular flexibility index (Phi) is 9.75. The largest absolute Gasteiger partial charge is 0.408 e. The van der Waals surface area contributed by atoms with Gasteiger partial charge in [-0.1, -0.05) is 33.0 Å². The van der Waals surface area contributed by atoms with Crippen molar-refractivity contribution in [3.05, 3.63) is 29.3 Å². The Bertz CT molecular complexity index is 2170. The third-order valence-corrected chi connectivity index (χ3v) is 17.1. The van der Waals surface area contributed by atoms with Crippen LogP contribution in [0.2, 0.25) is 18.1 Å². The van der Waals surface area contributed by atoms with Crippen LogP contribution in [-0.2, 0) is 48.4 Å². The number of fused-ring (bicyclic) bond motifs is 5. The summed E-state index contributed by atoms with van der Waals surface area (Å²) in [5.74, 6) is -0.129. The third-order valence-electron chi connectivity index (χ3n) is 9.49. The number of aromatic nitrogens is 8. The molecular formula is C26H37FN10O10P2S2Si. The zero-order valence-electron chi connectivity index (χ0n) is 28.3. The van der Waals surface area contributed by atoms with Gasteiger partial charge in [0.25, 0.3) is 5.56 Å². The van der Waals surface area contributed by atoms with Gasteiger partial charge in [-0.25, -0.2) is 28.9 Å². The van der Waals surface area contributed by atoms with E-state index in [-0.39, 0.29) is 39.1 Å². The van der Waals surface area contributed by atoms with Gasteiger partial charge in [-0.05, 0) is 29.9 Å². The lowest BCUT2D eigenvalue weighted by molar-refractivity contribution is -0.0586. The molecule has 4 unspecified atom stereocenters. The van der Waals surface area contributed by atoms with Crippen molar-refractivity contribution in [1.82, 2.24) is 39.0 Å². The highest BCUT2D eigenvalue weighted by Gasteiger charge is 2.56. The number of nitrogen functional groups attached to an aromatic ring is 2. The number of aromatic amines is 1. The molecule has 3 aliphatic rings. The number of ether oxygens (including phenoxy) is 2. The van der Waals surface area contributed by atoms with Crippen molar-refractivity contribution in [3.8, 4) is 0 Å². The predicted octanol–water partition coefficient (Wildman–Crippen LogP) is 2.72. The summed E-state index contributed by atoms with van der Waals surface area (Å²) in [7, 11) is -2.68. The quantitative estimate of drug-likeness (QED) is 0.113. The minimum Gasteiger partial charge on any atom is -0.408 e. The molecule has 52 heavy (non-hydrogen) atoms. The fourth-order valence-electron chi connectivity index (χ4n) is 5.91. The molecule has 3 saturated heterocycles. The van der Waals surface area contributed by atoms with Crippen LogP contribution in [0.15, 0.2) is 23.8 Å². The summed E-state index contributed by atoms with van der Waals surface area (Å²) >= 11 is 9.68. The molecule has 0 aliphatic carbocycles. The molecule has 7 heterocycles. The van der Waals surface area contributed by atoms with Crippen LogP contribution in [0, 0.1) is 0 Å². The number of alkyl halides is 1. The van der Waals surface area contributed by atoms with Gasteiger partial charge in [0.15, 0.2) is 49.6 Å². The Morgan fingerprint density at radius 3 is 2.38 bits per heavy atom. The van der Waals surface area contributed by atoms with Crippen LogP contribution in [0.25, 0.3) is 22.3 Å². The van der Waals surface area contributed by atoms with Gasteiger partial charge in [0.1, 0.15) is 42.4 Å². The van der Waals surface area contributed by atoms with Gasteiger partial charge in [-0.15, -0.1) is 0 Å². The molecule has 0 radical (unpaired) electrons. The summed E-state index contributed by atoms with van der Waals surface area (Å²) in [6, 6.07) is 0. The summed E-state index contributed by atoms with van der Waals surface area (Å²) in [6.45, 7) is 0.238. The molecule has 0 amide bonds. The van der Waals surface area contributed by atoms with Gasteiger partial charge in [0.05, 0.1) is 25.9 Å². The molecule has 26 heteroatoms. The summed E-state index contributed by atoms with van der Waals surface area (Å²) in [4.78, 5) is 47.2. The van der Waals surface area contributed by atoms with Gasteiger partial charge >= 0.3 is 13.5 Å². The van der Waals surface area contributed by atoms with Crippen LogP contribution in [0.3, 0.4) is 0 Å². The molecule has 3 fully saturated rings. The average molecular weight is 823 g/mol. The van der Waals surface area contributed by atoms with Crippen molar-refractivity contribution in [2.75, 3.05) is 24.7 Å². The first-order valence-corrected chi connectivity index (χ1v) is 24.0. The van der Waals surface area contributed by atoms with Crippen LogP contribution in [0.5, 0.6) is 0 Å². The number of H-pyrrole nitrogens is 1. The highest BCUT2D eigenvalue weighted by Crippen LogP contribution is 2.59. The van der Waals surface area contributed by atoms with E-state index in [0.29, 0.717) is 0 Å². The van der Waals surface area contributed by atoms with Gasteiger partial charge in [-0.2, -0.15) is 4.98 Å². The van der Waals surface area contributed by atoms with Crippen LogP contribution in [0.1, 0.15) is 33.2 Å². The zero-order valence-corrected chi connectivity index (χ0v) is 32.8. The molecular weight excluding hydrogens is 786 g/mol. The normalized spacial score (nSPS) is 34.9. The number of nitrogens with two attached hydrogens (primary N) is 2. The molecule has 0 saturated carbocycles. The first kappa shape index (κ1) is 37.9. The minimum atomic E-state index is -4.42. The van der Waals surface area contributed by atoms with E-state index in [1.807, 2.05) is 33.9 Å². The van der Waals surface area contributed by atoms with Crippen LogP contribution < -0.4 is 17.0 Å². The Hall–Kier alpha value is -2.44. The molecule has 20 nitrogen and oxygen atoms in total. The molecule has 4 aromatic heterocycles. The molecule has 0 spiro atoms. The first-order chi connectivity index (χ1) is 24.3. The molecule has 0 aromatic carbocycles. The van der Waals surface area contributed by atoms with E-state index in [4.69, 9.17) is 55.3 Å². The summed E-state index contributed by atoms with van der Waals surface area (Å²) < 4.78 is 75.5. The lowest BCUT2D eigenvalue weighted by atomic mass is 10.1. The van der Waals surface area contributed by atoms with E-state index in [1.165, 1.54) is 28.1 Å². The number of hydrogen-bond donors (Lipinski definition) is 5. The maximum Gasteiger partial charge on any atom is 0.386 e. The van der Waals surface area contributed by atoms with E-state index in [0.717, 1.165) is 0 Å². The maximum absolute atomic E-state index is 16.3. The SMILES string of the molecule is CC(C)(C)[Si](C)(C)O[C@@H]1C2OP(O)(=S)OC[C@H]3O[C@@H](n4cnc5c(N)ncnc54)C(F)[C@H]3OP(=O)(S)OC[C@H]1O[C@H]2n1cnc2c(=O)[nH]c(N)nc21. The maximum atomic E-state index is 16.3. The van der Waals surface area contributed by atoms with Gasteiger partial charge in [-0.3, -0.25) is 32.5 Å². The van der Waals surface area contributed by atoms with Gasteiger partial charge in [0.2, 0.25) is 5.95 Å². The molecule has 284 valence electrons. The zero-order chi connectivity index (χ0) is 37.5. The van der Waals surface area contributed by atoms with Gasteiger partial charge < -0.3 is 34.8 Å². The summed E-state index contributed by atoms with van der Waals surface area (Å²) in [5, 5.41) is -0.327. The first-order valence-electron chi connectivity index (χ1n) is 15.8. The standard InChI is InChI=1S/C26H37FN10O10P2S2Si/c1-26(2,3)52(4,5)47-17-12-7-42-48(39,50)45-16-11(43-23(13(16)27)36-9-32-14-19(28)30-8-31-20(14)36)6-41-49(40,51)46-18(17)24(44-12)37-10-33-15-21(37)34-25(29)35-22(15)38/h8-13,16-18,23-24H,6-7H2,1-5H3,(H,39,50)(H,40,51)(H2,28,30,31)(H3,29,34,35,38)/t11-,12-,13?,16+,17+,18?,23-,24-,48?,49?/m1/s1. The Morgan fingerprint density at radius 2 is 1.67 bits per heavy atom. The van der Waals surface area contributed by atoms with Crippen LogP contribution >= 0.6 is 25.8 Å². The number of nitrogens with zero attached hydrogens (tertiary/aromatic N) is 7. The van der Waals surface area contributed by atoms with Crippen molar-refractivity contribution >= 4 is 80.0 Å². The highest BCUT2D eigenvalue weighted by atomic mass is 32.7. The fraction of sp³-hybridized carbons (Fsp3) is 0.615. The number of nitrogens with one attached hydrogen (secondary N) is 1. The van der Waals surface area contributed by atoms with Gasteiger partial charge in [0, 0.05) is 0 Å². The number of imidazole rings is 2. The van der Waals surface area contributed by atoms with E-state index >= 15 is 4.39 Å². The second-order valence-electron chi connectivity index (χ2n) is 13.9. The van der Waals surface area contributed by atoms with E-state index in [1.54, 1.807) is 0 Å². The second kappa shape index (κ2) is 13.4. The average Bonchev–Trinajstić information content (AvgIpc) is 3.80. The van der Waals surface area contributed by atoms with Crippen molar-refractivity contribution in [3.63, 3.8) is 0 Å². The summed E-state index contributed by atoms with van der Waals surface area (Å²) in [5.41, 5.74) is 11.5. The number of thiol groups is 1. The Balaban J connectivity index is 1.27. The topological polar surface area (TPSA) is 261 Å². The van der Waals surface area contributed by atoms with Crippen molar-refractivity contribution in [2.24, 2.45) is 0 Å². The van der Waals surface area contributed by atoms with Crippen molar-refractivity contribution in [1.29, 1.82) is 0 Å². The second-order valence-corrected chi connectivity index (χ2v) is 24.4. The monoisotopic (exact) mass is 822 g/mol. The minimum absolute atomic E-state index is 0.0326. The van der Waals surface area contributed by atoms with E-state index in [9.17, 15) is 14.3 Å². The van der Waals surface area contributed by atoms with E-state index < -0.39 is 89.8 Å². The van der Waals surface area contributed by atoms with Crippen LogP contribution in [0.4, 0.5) is 16.2 Å². The molecule has 4 aromatic rings. The fourth-order valence-corrected chi connectivity index (χ4v) is 10.1. The molecule has 2 bridgehead atoms. The molecule has 6 N–H and O–H groups in total. The highest BCUT2D eigenvalue weighted by molar-refractivity contribution is 8.44. The predicted molar refractivity (Wildman–Crippen MR) is 192 cm³/mol. The molecule has 3 aliphatic heterocycles. The lowest BCUT2D eigenvalue weighted by Crippen LogP contribution is -2.50. The Labute approximate surface area is 306 Å². The Morgan fingerprint density at radius 1 is 1.02 bits per heavy atom. The van der Waals surface area contributed by atoms with E-state index in [2.05, 4.69) is 42.2 Å².